The normalized spacial score (nSPS) is 20.2. The quantitative estimate of drug-likeness (QED) is 0.170. The second kappa shape index (κ2) is 10.9. The van der Waals surface area contributed by atoms with Crippen LogP contribution in [0.2, 0.25) is 0 Å². The lowest BCUT2D eigenvalue weighted by Gasteiger charge is -2.20. The first-order valence-electron chi connectivity index (χ1n) is 30.2. The Morgan fingerprint density at radius 3 is 1.41 bits per heavy atom. The molecule has 0 fully saturated rings. The van der Waals surface area contributed by atoms with Crippen LogP contribution < -0.4 is 0 Å². The first kappa shape index (κ1) is 11.7. The van der Waals surface area contributed by atoms with E-state index in [9.17, 15) is 15.1 Å². The molecule has 11 aromatic rings. The van der Waals surface area contributed by atoms with Crippen molar-refractivity contribution in [2.24, 2.45) is 0 Å². The van der Waals surface area contributed by atoms with Crippen molar-refractivity contribution in [3.05, 3.63) is 181 Å². The van der Waals surface area contributed by atoms with Crippen molar-refractivity contribution in [1.29, 1.82) is 0 Å². The summed E-state index contributed by atoms with van der Waals surface area (Å²) in [6, 6.07) is -28.9. The van der Waals surface area contributed by atoms with Crippen LogP contribution in [0.15, 0.2) is 186 Å². The molecule has 0 bridgehead atoms. The van der Waals surface area contributed by atoms with Gasteiger partial charge >= 0.3 is 0 Å². The molecule has 51 heavy (non-hydrogen) atoms. The highest BCUT2D eigenvalue weighted by molar-refractivity contribution is 6.26. The molecule has 1 heterocycles. The topological polar surface area (TPSA) is 13.1 Å². The van der Waals surface area contributed by atoms with Crippen LogP contribution in [0.25, 0.3) is 109 Å². The lowest BCUT2D eigenvalue weighted by atomic mass is 9.83. The third kappa shape index (κ3) is 4.09. The van der Waals surface area contributed by atoms with Crippen LogP contribution >= 0.6 is 0 Å². The maximum atomic E-state index is 10.1. The molecule has 0 aliphatic rings. The van der Waals surface area contributed by atoms with E-state index < -0.39 is 290 Å². The SMILES string of the molecule is [2H]c1c([2H])c(-c2c([2H])c([2H])c(-c3c4c([2H])c([2H])c([2H])c([2H])c4c(-c4c([2H])c([2H])c([2H])c5c([2H])c([2H])c([2H])c([2H])c45)c4c([2H])c([2H])c([2H])c([2H])c34)c3c([2H])c([2H])c([2H])c([2H])c23)c2c(oc3c4c([2H])c([2H])c([2H])c([2H])c4c([2H])c([2H])c32)c1[2H]. The molecule has 0 N–H and O–H groups in total. The fraction of sp³-hybridized carbons (Fsp3) is 0. The Labute approximate surface area is 336 Å². The van der Waals surface area contributed by atoms with Gasteiger partial charge in [0.25, 0.3) is 0 Å². The van der Waals surface area contributed by atoms with Crippen LogP contribution in [-0.4, -0.2) is 0 Å². The predicted octanol–water partition coefficient (Wildman–Crippen LogP) is 14.4. The Bertz CT molecular complexity index is 4840. The number of furan rings is 1. The Kier molecular flexibility index (Phi) is 2.50. The van der Waals surface area contributed by atoms with Gasteiger partial charge in [0.15, 0.2) is 0 Å². The average Bonchev–Trinajstić information content (AvgIpc) is 2.47. The summed E-state index contributed by atoms with van der Waals surface area (Å²) in [4.78, 5) is 0. The zero-order valence-corrected chi connectivity index (χ0v) is 25.4. The second-order valence-corrected chi connectivity index (χ2v) is 11.3. The van der Waals surface area contributed by atoms with E-state index in [-0.39, 0.29) is 0 Å². The summed E-state index contributed by atoms with van der Waals surface area (Å²) in [5, 5.41) is -8.21. The van der Waals surface area contributed by atoms with Crippen LogP contribution in [0.5, 0.6) is 0 Å². The maximum Gasteiger partial charge on any atom is 0.143 e. The molecule has 1 aromatic heterocycles. The van der Waals surface area contributed by atoms with Gasteiger partial charge in [-0.25, -0.2) is 0 Å². The number of hydrogen-bond donors (Lipinski definition) is 0. The highest BCUT2D eigenvalue weighted by atomic mass is 16.3. The Hall–Kier alpha value is -6.70. The van der Waals surface area contributed by atoms with E-state index in [2.05, 4.69) is 0 Å². The van der Waals surface area contributed by atoms with Gasteiger partial charge in [-0.2, -0.15) is 0 Å². The first-order chi connectivity index (χ1) is 37.8. The molecule has 0 radical (unpaired) electrons. The van der Waals surface area contributed by atoms with Crippen LogP contribution in [0.1, 0.15) is 41.1 Å². The first-order valence-corrected chi connectivity index (χ1v) is 15.2. The molecular formula is C50H30O. The fourth-order valence-corrected chi connectivity index (χ4v) is 6.59. The molecule has 0 saturated carbocycles. The lowest BCUT2D eigenvalue weighted by molar-refractivity contribution is 0.673. The van der Waals surface area contributed by atoms with Gasteiger partial charge in [-0.15, -0.1) is 0 Å². The minimum atomic E-state index is -1.15. The fourth-order valence-electron chi connectivity index (χ4n) is 6.59. The van der Waals surface area contributed by atoms with Gasteiger partial charge in [-0.1, -0.05) is 169 Å². The van der Waals surface area contributed by atoms with E-state index >= 15 is 0 Å². The molecule has 10 aromatic carbocycles. The Balaban J connectivity index is 1.46. The molecule has 1 heteroatoms. The molecule has 0 atom stereocenters. The van der Waals surface area contributed by atoms with Gasteiger partial charge < -0.3 is 4.42 Å². The minimum Gasteiger partial charge on any atom is -0.455 e. The van der Waals surface area contributed by atoms with Crippen molar-refractivity contribution in [3.8, 4) is 33.4 Å². The van der Waals surface area contributed by atoms with E-state index in [0.717, 1.165) is 0 Å². The molecule has 0 amide bonds. The largest absolute Gasteiger partial charge is 0.455 e. The van der Waals surface area contributed by atoms with Crippen LogP contribution in [0, 0.1) is 0 Å². The molecule has 0 unspecified atom stereocenters. The summed E-state index contributed by atoms with van der Waals surface area (Å²) in [5.41, 5.74) is -5.95. The van der Waals surface area contributed by atoms with Crippen LogP contribution in [-0.2, 0) is 0 Å². The summed E-state index contributed by atoms with van der Waals surface area (Å²) in [7, 11) is 0. The van der Waals surface area contributed by atoms with Gasteiger partial charge in [-0.3, -0.25) is 0 Å². The van der Waals surface area contributed by atoms with Gasteiger partial charge in [0.1, 0.15) is 11.2 Å². The monoisotopic (exact) mass is 676 g/mol. The average molecular weight is 677 g/mol. The van der Waals surface area contributed by atoms with E-state index in [4.69, 9.17) is 30.5 Å². The lowest BCUT2D eigenvalue weighted by Crippen LogP contribution is -1.93. The van der Waals surface area contributed by atoms with Crippen LogP contribution in [0.3, 0.4) is 0 Å². The third-order valence-electron chi connectivity index (χ3n) is 8.69. The van der Waals surface area contributed by atoms with Crippen molar-refractivity contribution < 1.29 is 45.5 Å². The summed E-state index contributed by atoms with van der Waals surface area (Å²) in [6.45, 7) is 0. The van der Waals surface area contributed by atoms with E-state index in [1.54, 1.807) is 0 Å². The summed E-state index contributed by atoms with van der Waals surface area (Å²) in [6.07, 6.45) is 0. The van der Waals surface area contributed by atoms with Crippen molar-refractivity contribution in [1.82, 2.24) is 0 Å². The summed E-state index contributed by atoms with van der Waals surface area (Å²) in [5.74, 6) is 0. The Morgan fingerprint density at radius 1 is 0.294 bits per heavy atom. The number of benzene rings is 10. The molecule has 236 valence electrons. The van der Waals surface area contributed by atoms with Crippen molar-refractivity contribution in [2.75, 3.05) is 0 Å². The number of hydrogen-bond acceptors (Lipinski definition) is 1. The maximum absolute atomic E-state index is 10.1. The van der Waals surface area contributed by atoms with E-state index in [1.165, 1.54) is 0 Å². The van der Waals surface area contributed by atoms with Gasteiger partial charge in [0.2, 0.25) is 0 Å². The summed E-state index contributed by atoms with van der Waals surface area (Å²) < 4.78 is 280. The van der Waals surface area contributed by atoms with Crippen molar-refractivity contribution >= 4 is 75.8 Å². The summed E-state index contributed by atoms with van der Waals surface area (Å²) >= 11 is 0. The highest BCUT2D eigenvalue weighted by Crippen LogP contribution is 2.48. The molecule has 0 saturated heterocycles. The van der Waals surface area contributed by atoms with Crippen LogP contribution in [0.4, 0.5) is 0 Å². The molecule has 11 rings (SSSR count). The zero-order chi connectivity index (χ0) is 59.6. The third-order valence-corrected chi connectivity index (χ3v) is 8.69. The number of rotatable bonds is 3. The van der Waals surface area contributed by atoms with Crippen molar-refractivity contribution in [3.63, 3.8) is 0 Å². The smallest absolute Gasteiger partial charge is 0.143 e. The molecule has 0 aliphatic heterocycles. The van der Waals surface area contributed by atoms with E-state index in [0.29, 0.717) is 0 Å². The standard InChI is InChI=1S/C50H30O/c1-3-16-33-31(13-1)15-11-24-38(33)47-40-20-7-9-22-42(40)48(43-23-10-8-21-41(43)47)44-30-29-37(35-18-5-6-19-36(35)44)39-25-12-26-46-49(39)45-28-27-32-14-2-4-17-34(32)50(45)51-46/h1-30H/i1D,2D,3D,4D,5D,6D,7D,8D,9D,10D,11D,12D,13D,14D,15D,16D,17D,18D,19D,20D,21D,22D,23D,24D,25D,26D,27D,28D,29D,30D. The van der Waals surface area contributed by atoms with Gasteiger partial charge in [-0.05, 0) is 93.9 Å². The van der Waals surface area contributed by atoms with Gasteiger partial charge in [0.05, 0.1) is 41.1 Å². The minimum absolute atomic E-state index is 0.470. The highest BCUT2D eigenvalue weighted by Gasteiger charge is 2.21. The molecule has 0 spiro atoms. The number of fused-ring (bicyclic) bond motifs is 9. The molecular weight excluding hydrogens is 617 g/mol. The van der Waals surface area contributed by atoms with Gasteiger partial charge in [0, 0.05) is 16.2 Å². The molecule has 1 nitrogen and oxygen atoms in total. The second-order valence-electron chi connectivity index (χ2n) is 11.3. The molecule has 0 aliphatic carbocycles. The van der Waals surface area contributed by atoms with Crippen molar-refractivity contribution in [2.45, 2.75) is 0 Å². The Morgan fingerprint density at radius 2 is 0.745 bits per heavy atom. The zero-order valence-electron chi connectivity index (χ0n) is 55.4. The van der Waals surface area contributed by atoms with E-state index in [1.807, 2.05) is 0 Å². The predicted molar refractivity (Wildman–Crippen MR) is 218 cm³/mol.